The van der Waals surface area contributed by atoms with E-state index in [1.54, 1.807) is 24.3 Å². The topological polar surface area (TPSA) is 97.2 Å². The lowest BCUT2D eigenvalue weighted by Gasteiger charge is -1.97. The van der Waals surface area contributed by atoms with Crippen molar-refractivity contribution in [1.82, 2.24) is 19.6 Å². The summed E-state index contributed by atoms with van der Waals surface area (Å²) < 4.78 is 24.1. The number of para-hydroxylation sites is 1. The highest BCUT2D eigenvalue weighted by molar-refractivity contribution is 7.90. The number of hydrogen-bond acceptors (Lipinski definition) is 5. The van der Waals surface area contributed by atoms with Crippen LogP contribution < -0.4 is 5.56 Å². The van der Waals surface area contributed by atoms with Gasteiger partial charge in [0.25, 0.3) is 10.7 Å². The van der Waals surface area contributed by atoms with Crippen molar-refractivity contribution in [3.05, 3.63) is 34.6 Å². The molecule has 1 aromatic carbocycles. The van der Waals surface area contributed by atoms with Crippen molar-refractivity contribution in [2.45, 2.75) is 5.16 Å². The second-order valence-corrected chi connectivity index (χ2v) is 5.78. The first kappa shape index (κ1) is 10.9. The number of aromatic amines is 1. The van der Waals surface area contributed by atoms with Crippen molar-refractivity contribution in [3.8, 4) is 0 Å². The minimum absolute atomic E-state index is 0.110. The summed E-state index contributed by atoms with van der Waals surface area (Å²) in [6.45, 7) is 0. The Morgan fingerprint density at radius 3 is 2.72 bits per heavy atom. The molecule has 0 unspecified atom stereocenters. The Hall–Kier alpha value is -2.22. The summed E-state index contributed by atoms with van der Waals surface area (Å²) in [4.78, 5) is 18.1. The van der Waals surface area contributed by atoms with E-state index in [0.29, 0.717) is 10.9 Å². The van der Waals surface area contributed by atoms with Crippen molar-refractivity contribution in [1.29, 1.82) is 0 Å². The van der Waals surface area contributed by atoms with Crippen LogP contribution in [0, 0.1) is 0 Å². The molecule has 0 fully saturated rings. The molecule has 3 rings (SSSR count). The Morgan fingerprint density at radius 2 is 2.00 bits per heavy atom. The quantitative estimate of drug-likeness (QED) is 0.666. The SMILES string of the molecule is CS(=O)(=O)c1nc2[nH]c(=O)c3ccccc3n2n1. The molecule has 0 aliphatic heterocycles. The summed E-state index contributed by atoms with van der Waals surface area (Å²) in [7, 11) is -3.51. The molecule has 3 aromatic rings. The maximum absolute atomic E-state index is 11.8. The van der Waals surface area contributed by atoms with Gasteiger partial charge in [-0.1, -0.05) is 12.1 Å². The average molecular weight is 264 g/mol. The number of hydrogen-bond donors (Lipinski definition) is 1. The summed E-state index contributed by atoms with van der Waals surface area (Å²) in [5.74, 6) is 0.110. The summed E-state index contributed by atoms with van der Waals surface area (Å²) in [6.07, 6.45) is 1.02. The highest BCUT2D eigenvalue weighted by Crippen LogP contribution is 2.11. The Labute approximate surface area is 101 Å². The van der Waals surface area contributed by atoms with E-state index in [4.69, 9.17) is 0 Å². The minimum Gasteiger partial charge on any atom is -0.290 e. The van der Waals surface area contributed by atoms with Crippen LogP contribution in [0.2, 0.25) is 0 Å². The molecule has 92 valence electrons. The molecule has 0 aliphatic carbocycles. The molecular weight excluding hydrogens is 256 g/mol. The Bertz CT molecular complexity index is 923. The smallest absolute Gasteiger partial charge is 0.268 e. The lowest BCUT2D eigenvalue weighted by atomic mass is 10.2. The average Bonchev–Trinajstić information content (AvgIpc) is 2.73. The van der Waals surface area contributed by atoms with Gasteiger partial charge in [-0.05, 0) is 12.1 Å². The zero-order chi connectivity index (χ0) is 12.9. The fourth-order valence-electron chi connectivity index (χ4n) is 1.72. The predicted octanol–water partition coefficient (Wildman–Crippen LogP) is -0.0257. The number of sulfone groups is 1. The maximum Gasteiger partial charge on any atom is 0.268 e. The first-order valence-electron chi connectivity index (χ1n) is 5.05. The van der Waals surface area contributed by atoms with Gasteiger partial charge in [-0.3, -0.25) is 9.78 Å². The second-order valence-electron chi connectivity index (χ2n) is 3.87. The third kappa shape index (κ3) is 1.50. The molecule has 0 amide bonds. The molecule has 7 nitrogen and oxygen atoms in total. The number of nitrogens with one attached hydrogen (secondary N) is 1. The van der Waals surface area contributed by atoms with Gasteiger partial charge in [-0.25, -0.2) is 8.42 Å². The van der Waals surface area contributed by atoms with Crippen molar-refractivity contribution < 1.29 is 8.42 Å². The van der Waals surface area contributed by atoms with E-state index in [1.807, 2.05) is 0 Å². The van der Waals surface area contributed by atoms with Crippen molar-refractivity contribution in [3.63, 3.8) is 0 Å². The van der Waals surface area contributed by atoms with Gasteiger partial charge in [0, 0.05) is 6.26 Å². The second kappa shape index (κ2) is 3.39. The van der Waals surface area contributed by atoms with Gasteiger partial charge >= 0.3 is 0 Å². The Kier molecular flexibility index (Phi) is 2.05. The van der Waals surface area contributed by atoms with Crippen LogP contribution >= 0.6 is 0 Å². The van der Waals surface area contributed by atoms with Crippen LogP contribution in [0.5, 0.6) is 0 Å². The summed E-state index contributed by atoms with van der Waals surface area (Å²) in [5.41, 5.74) is 0.184. The van der Waals surface area contributed by atoms with Gasteiger partial charge in [0.15, 0.2) is 0 Å². The van der Waals surface area contributed by atoms with Gasteiger partial charge in [-0.15, -0.1) is 5.10 Å². The molecule has 0 saturated carbocycles. The summed E-state index contributed by atoms with van der Waals surface area (Å²) >= 11 is 0. The minimum atomic E-state index is -3.51. The van der Waals surface area contributed by atoms with Gasteiger partial charge < -0.3 is 0 Å². The highest BCUT2D eigenvalue weighted by Gasteiger charge is 2.16. The molecule has 0 aliphatic rings. The van der Waals surface area contributed by atoms with Crippen LogP contribution in [0.1, 0.15) is 0 Å². The molecule has 0 radical (unpaired) electrons. The summed E-state index contributed by atoms with van der Waals surface area (Å²) in [5, 5.41) is 4.02. The van der Waals surface area contributed by atoms with Gasteiger partial charge in [0.1, 0.15) is 0 Å². The van der Waals surface area contributed by atoms with Crippen LogP contribution in [-0.4, -0.2) is 34.3 Å². The summed E-state index contributed by atoms with van der Waals surface area (Å²) in [6, 6.07) is 6.77. The van der Waals surface area contributed by atoms with Crippen molar-refractivity contribution in [2.75, 3.05) is 6.26 Å². The fraction of sp³-hybridized carbons (Fsp3) is 0.100. The molecule has 1 N–H and O–H groups in total. The van der Waals surface area contributed by atoms with Gasteiger partial charge in [-0.2, -0.15) is 9.50 Å². The van der Waals surface area contributed by atoms with E-state index in [9.17, 15) is 13.2 Å². The zero-order valence-corrected chi connectivity index (χ0v) is 10.1. The third-order valence-electron chi connectivity index (χ3n) is 2.52. The first-order chi connectivity index (χ1) is 8.47. The zero-order valence-electron chi connectivity index (χ0n) is 9.28. The van der Waals surface area contributed by atoms with E-state index >= 15 is 0 Å². The number of rotatable bonds is 1. The molecule has 0 saturated heterocycles. The van der Waals surface area contributed by atoms with Crippen molar-refractivity contribution >= 4 is 26.5 Å². The Balaban J connectivity index is 2.56. The molecular formula is C10H8N4O3S. The Morgan fingerprint density at radius 1 is 1.28 bits per heavy atom. The molecule has 2 aromatic heterocycles. The van der Waals surface area contributed by atoms with Gasteiger partial charge in [0.05, 0.1) is 10.9 Å². The van der Waals surface area contributed by atoms with Crippen LogP contribution in [0.3, 0.4) is 0 Å². The van der Waals surface area contributed by atoms with Crippen LogP contribution in [-0.2, 0) is 9.84 Å². The van der Waals surface area contributed by atoms with E-state index in [0.717, 1.165) is 6.26 Å². The van der Waals surface area contributed by atoms with E-state index < -0.39 is 9.84 Å². The van der Waals surface area contributed by atoms with Crippen molar-refractivity contribution in [2.24, 2.45) is 0 Å². The van der Waals surface area contributed by atoms with E-state index in [2.05, 4.69) is 15.1 Å². The molecule has 0 bridgehead atoms. The largest absolute Gasteiger partial charge is 0.290 e. The van der Waals surface area contributed by atoms with Crippen LogP contribution in [0.15, 0.2) is 34.2 Å². The third-order valence-corrected chi connectivity index (χ3v) is 3.36. The fourth-order valence-corrected chi connectivity index (χ4v) is 2.20. The van der Waals surface area contributed by atoms with E-state index in [1.165, 1.54) is 4.52 Å². The number of fused-ring (bicyclic) bond motifs is 3. The molecule has 2 heterocycles. The lowest BCUT2D eigenvalue weighted by Crippen LogP contribution is -2.10. The number of benzene rings is 1. The molecule has 18 heavy (non-hydrogen) atoms. The lowest BCUT2D eigenvalue weighted by molar-refractivity contribution is 0.593. The standard InChI is InChI=1S/C10H8N4O3S/c1-18(16,17)10-12-9-11-8(15)6-4-2-3-5-7(6)14(9)13-10/h2-5H,1H3,(H,11,12,13,15). The van der Waals surface area contributed by atoms with Gasteiger partial charge in [0.2, 0.25) is 15.6 Å². The highest BCUT2D eigenvalue weighted by atomic mass is 32.2. The normalized spacial score (nSPS) is 12.3. The number of H-pyrrole nitrogens is 1. The number of aromatic nitrogens is 4. The van der Waals surface area contributed by atoms with E-state index in [-0.39, 0.29) is 16.5 Å². The predicted molar refractivity (Wildman–Crippen MR) is 64.2 cm³/mol. The molecule has 0 atom stereocenters. The molecule has 8 heteroatoms. The first-order valence-corrected chi connectivity index (χ1v) is 6.94. The maximum atomic E-state index is 11.8. The molecule has 0 spiro atoms. The van der Waals surface area contributed by atoms with Crippen LogP contribution in [0.25, 0.3) is 16.7 Å². The van der Waals surface area contributed by atoms with Crippen LogP contribution in [0.4, 0.5) is 0 Å². The number of nitrogens with zero attached hydrogens (tertiary/aromatic N) is 3. The monoisotopic (exact) mass is 264 g/mol.